The standard InChI is InChI=1S/C16H24N2O4S.ClH/c1-20-13-6-11(7-14(21-2)16(13)22-3)9-18-15(19)8-12-10-23-5-4-17-12;/h6-7,12,17H,4-5,8-10H2,1-3H3,(H,18,19);1H. The molecule has 2 N–H and O–H groups in total. The molecule has 6 nitrogen and oxygen atoms in total. The van der Waals surface area contributed by atoms with E-state index in [0.29, 0.717) is 30.2 Å². The monoisotopic (exact) mass is 376 g/mol. The Morgan fingerprint density at radius 3 is 2.42 bits per heavy atom. The Balaban J connectivity index is 0.00000288. The third-order valence-corrected chi connectivity index (χ3v) is 4.78. The Bertz CT molecular complexity index is 514. The van der Waals surface area contributed by atoms with E-state index in [1.165, 1.54) is 0 Å². The molecule has 1 heterocycles. The van der Waals surface area contributed by atoms with E-state index in [1.807, 2.05) is 23.9 Å². The van der Waals surface area contributed by atoms with Gasteiger partial charge >= 0.3 is 0 Å². The molecule has 1 atom stereocenters. The highest BCUT2D eigenvalue weighted by Gasteiger charge is 2.17. The topological polar surface area (TPSA) is 68.8 Å². The highest BCUT2D eigenvalue weighted by atomic mass is 35.5. The van der Waals surface area contributed by atoms with Crippen LogP contribution < -0.4 is 24.8 Å². The minimum atomic E-state index is 0. The minimum Gasteiger partial charge on any atom is -0.493 e. The Morgan fingerprint density at radius 1 is 1.25 bits per heavy atom. The van der Waals surface area contributed by atoms with Crippen molar-refractivity contribution in [3.05, 3.63) is 17.7 Å². The second-order valence-electron chi connectivity index (χ2n) is 5.24. The summed E-state index contributed by atoms with van der Waals surface area (Å²) in [4.78, 5) is 12.1. The van der Waals surface area contributed by atoms with Crippen molar-refractivity contribution in [3.63, 3.8) is 0 Å². The van der Waals surface area contributed by atoms with Gasteiger partial charge in [0.25, 0.3) is 0 Å². The zero-order valence-corrected chi connectivity index (χ0v) is 15.9. The molecule has 24 heavy (non-hydrogen) atoms. The summed E-state index contributed by atoms with van der Waals surface area (Å²) in [6.07, 6.45) is 0.497. The van der Waals surface area contributed by atoms with Crippen molar-refractivity contribution in [1.29, 1.82) is 0 Å². The van der Waals surface area contributed by atoms with Gasteiger partial charge in [-0.1, -0.05) is 0 Å². The molecular weight excluding hydrogens is 352 g/mol. The third-order valence-electron chi connectivity index (χ3n) is 3.64. The van der Waals surface area contributed by atoms with E-state index in [2.05, 4.69) is 10.6 Å². The van der Waals surface area contributed by atoms with Gasteiger partial charge in [0.1, 0.15) is 0 Å². The van der Waals surface area contributed by atoms with Crippen molar-refractivity contribution in [2.24, 2.45) is 0 Å². The Morgan fingerprint density at radius 2 is 1.92 bits per heavy atom. The quantitative estimate of drug-likeness (QED) is 0.756. The molecule has 0 saturated carbocycles. The van der Waals surface area contributed by atoms with Crippen LogP contribution in [0.15, 0.2) is 12.1 Å². The summed E-state index contributed by atoms with van der Waals surface area (Å²) in [5, 5.41) is 6.31. The first-order valence-corrected chi connectivity index (χ1v) is 8.70. The van der Waals surface area contributed by atoms with Crippen molar-refractivity contribution in [3.8, 4) is 17.2 Å². The van der Waals surface area contributed by atoms with Gasteiger partial charge in [-0.05, 0) is 17.7 Å². The molecule has 1 amide bonds. The Labute approximate surface area is 153 Å². The fourth-order valence-corrected chi connectivity index (χ4v) is 3.43. The van der Waals surface area contributed by atoms with Crippen molar-refractivity contribution in [1.82, 2.24) is 10.6 Å². The summed E-state index contributed by atoms with van der Waals surface area (Å²) < 4.78 is 15.9. The fourth-order valence-electron chi connectivity index (χ4n) is 2.48. The van der Waals surface area contributed by atoms with E-state index in [0.717, 1.165) is 23.6 Å². The molecule has 1 aliphatic heterocycles. The van der Waals surface area contributed by atoms with Crippen LogP contribution in [0.5, 0.6) is 17.2 Å². The first-order valence-electron chi connectivity index (χ1n) is 7.54. The number of thioether (sulfide) groups is 1. The molecule has 1 fully saturated rings. The predicted molar refractivity (Wildman–Crippen MR) is 98.9 cm³/mol. The number of halogens is 1. The van der Waals surface area contributed by atoms with Crippen molar-refractivity contribution in [2.45, 2.75) is 19.0 Å². The highest BCUT2D eigenvalue weighted by molar-refractivity contribution is 7.99. The average molecular weight is 377 g/mol. The van der Waals surface area contributed by atoms with Gasteiger partial charge in [-0.25, -0.2) is 0 Å². The van der Waals surface area contributed by atoms with Crippen LogP contribution in [0.3, 0.4) is 0 Å². The smallest absolute Gasteiger partial charge is 0.221 e. The number of ether oxygens (including phenoxy) is 3. The van der Waals surface area contributed by atoms with E-state index < -0.39 is 0 Å². The Hall–Kier alpha value is -1.31. The number of nitrogens with one attached hydrogen (secondary N) is 2. The van der Waals surface area contributed by atoms with E-state index in [-0.39, 0.29) is 24.4 Å². The number of benzene rings is 1. The normalized spacial score (nSPS) is 16.7. The zero-order chi connectivity index (χ0) is 16.7. The summed E-state index contributed by atoms with van der Waals surface area (Å²) in [5.74, 6) is 3.86. The number of rotatable bonds is 7. The second-order valence-corrected chi connectivity index (χ2v) is 6.39. The van der Waals surface area contributed by atoms with Gasteiger partial charge in [-0.15, -0.1) is 12.4 Å². The molecular formula is C16H25ClN2O4S. The molecule has 1 aromatic rings. The molecule has 1 saturated heterocycles. The molecule has 0 radical (unpaired) electrons. The lowest BCUT2D eigenvalue weighted by molar-refractivity contribution is -0.121. The lowest BCUT2D eigenvalue weighted by Crippen LogP contribution is -2.41. The van der Waals surface area contributed by atoms with Crippen molar-refractivity contribution < 1.29 is 19.0 Å². The SMILES string of the molecule is COc1cc(CNC(=O)CC2CSCCN2)cc(OC)c1OC.Cl. The summed E-state index contributed by atoms with van der Waals surface area (Å²) in [7, 11) is 4.72. The third kappa shape index (κ3) is 5.65. The number of hydrogen-bond acceptors (Lipinski definition) is 6. The predicted octanol–water partition coefficient (Wildman–Crippen LogP) is 1.85. The molecule has 2 rings (SSSR count). The van der Waals surface area contributed by atoms with Crippen molar-refractivity contribution >= 4 is 30.1 Å². The molecule has 0 aromatic heterocycles. The van der Waals surface area contributed by atoms with Crippen LogP contribution in [0.25, 0.3) is 0 Å². The molecule has 0 spiro atoms. The number of amides is 1. The second kappa shape index (κ2) is 10.5. The first-order chi connectivity index (χ1) is 11.2. The van der Waals surface area contributed by atoms with Gasteiger partial charge in [0.15, 0.2) is 11.5 Å². The Kier molecular flexibility index (Phi) is 9.10. The number of hydrogen-bond donors (Lipinski definition) is 2. The van der Waals surface area contributed by atoms with Gasteiger partial charge in [0, 0.05) is 37.1 Å². The van der Waals surface area contributed by atoms with Gasteiger partial charge in [-0.3, -0.25) is 4.79 Å². The zero-order valence-electron chi connectivity index (χ0n) is 14.2. The molecule has 0 aliphatic carbocycles. The summed E-state index contributed by atoms with van der Waals surface area (Å²) >= 11 is 1.88. The molecule has 8 heteroatoms. The summed E-state index contributed by atoms with van der Waals surface area (Å²) in [6.45, 7) is 1.39. The maximum Gasteiger partial charge on any atom is 0.221 e. The molecule has 1 unspecified atom stereocenters. The lowest BCUT2D eigenvalue weighted by Gasteiger charge is -2.22. The maximum atomic E-state index is 12.1. The number of methoxy groups -OCH3 is 3. The van der Waals surface area contributed by atoms with Crippen LogP contribution in [0, 0.1) is 0 Å². The van der Waals surface area contributed by atoms with Crippen molar-refractivity contribution in [2.75, 3.05) is 39.4 Å². The molecule has 136 valence electrons. The minimum absolute atomic E-state index is 0. The summed E-state index contributed by atoms with van der Waals surface area (Å²) in [6, 6.07) is 3.95. The van der Waals surface area contributed by atoms with Gasteiger partial charge in [0.2, 0.25) is 11.7 Å². The summed E-state index contributed by atoms with van der Waals surface area (Å²) in [5.41, 5.74) is 0.902. The van der Waals surface area contributed by atoms with E-state index in [9.17, 15) is 4.79 Å². The number of carbonyl (C=O) groups excluding carboxylic acids is 1. The van der Waals surface area contributed by atoms with Gasteiger partial charge in [0.05, 0.1) is 21.3 Å². The van der Waals surface area contributed by atoms with Gasteiger partial charge < -0.3 is 24.8 Å². The van der Waals surface area contributed by atoms with E-state index >= 15 is 0 Å². The lowest BCUT2D eigenvalue weighted by atomic mass is 10.1. The van der Waals surface area contributed by atoms with Crippen LogP contribution in [0.2, 0.25) is 0 Å². The highest BCUT2D eigenvalue weighted by Crippen LogP contribution is 2.38. The fraction of sp³-hybridized carbons (Fsp3) is 0.562. The molecule has 1 aromatic carbocycles. The van der Waals surface area contributed by atoms with E-state index in [4.69, 9.17) is 14.2 Å². The number of carbonyl (C=O) groups is 1. The molecule has 1 aliphatic rings. The van der Waals surface area contributed by atoms with Crippen LogP contribution in [-0.2, 0) is 11.3 Å². The van der Waals surface area contributed by atoms with Gasteiger partial charge in [-0.2, -0.15) is 11.8 Å². The van der Waals surface area contributed by atoms with E-state index in [1.54, 1.807) is 21.3 Å². The van der Waals surface area contributed by atoms with Crippen LogP contribution in [0.4, 0.5) is 0 Å². The molecule has 0 bridgehead atoms. The maximum absolute atomic E-state index is 12.1. The van der Waals surface area contributed by atoms with Crippen LogP contribution >= 0.6 is 24.2 Å². The van der Waals surface area contributed by atoms with Crippen LogP contribution in [0.1, 0.15) is 12.0 Å². The average Bonchev–Trinajstić information content (AvgIpc) is 2.59. The first kappa shape index (κ1) is 20.7. The van der Waals surface area contributed by atoms with Crippen LogP contribution in [-0.4, -0.2) is 51.3 Å². The largest absolute Gasteiger partial charge is 0.493 e.